The summed E-state index contributed by atoms with van der Waals surface area (Å²) in [5.41, 5.74) is -4.23. The lowest BCUT2D eigenvalue weighted by Gasteiger charge is -2.22. The summed E-state index contributed by atoms with van der Waals surface area (Å²) in [6.07, 6.45) is 2.56. The molecular weight excluding hydrogens is 503 g/mol. The molecular formula is C22H22F3N5O5S. The van der Waals surface area contributed by atoms with Gasteiger partial charge in [-0.05, 0) is 48.5 Å². The van der Waals surface area contributed by atoms with Crippen LogP contribution in [0.5, 0.6) is 0 Å². The Hall–Kier alpha value is -3.81. The van der Waals surface area contributed by atoms with Crippen molar-refractivity contribution in [3.05, 3.63) is 70.4 Å². The number of esters is 1. The standard InChI is InChI=1S/C22H22F3N5O5S/c1-2-34-18(31)9-10-29(13-16-4-3-11-35-16)21-19(30(32)33)20(27-14-28-21)26-12-15-5-7-17(8-6-15)36-22(23,24)25/h3-8,11,14H,2,9-10,12-13H2,1H3,(H,26,27,28). The van der Waals surface area contributed by atoms with Gasteiger partial charge < -0.3 is 19.4 Å². The summed E-state index contributed by atoms with van der Waals surface area (Å²) in [4.78, 5) is 32.9. The average molecular weight is 526 g/mol. The number of halogens is 3. The van der Waals surface area contributed by atoms with E-state index < -0.39 is 22.1 Å². The zero-order valence-electron chi connectivity index (χ0n) is 19.0. The maximum absolute atomic E-state index is 12.5. The molecule has 2 aromatic heterocycles. The Labute approximate surface area is 208 Å². The molecule has 36 heavy (non-hydrogen) atoms. The molecule has 0 radical (unpaired) electrons. The fraction of sp³-hybridized carbons (Fsp3) is 0.318. The number of benzene rings is 1. The van der Waals surface area contributed by atoms with Gasteiger partial charge in [0.2, 0.25) is 11.6 Å². The van der Waals surface area contributed by atoms with E-state index in [-0.39, 0.29) is 61.0 Å². The van der Waals surface area contributed by atoms with E-state index >= 15 is 0 Å². The largest absolute Gasteiger partial charge is 0.467 e. The Kier molecular flexibility index (Phi) is 9.11. The van der Waals surface area contributed by atoms with Crippen molar-refractivity contribution < 1.29 is 32.0 Å². The lowest BCUT2D eigenvalue weighted by atomic mass is 10.2. The Bertz CT molecular complexity index is 1160. The predicted molar refractivity (Wildman–Crippen MR) is 125 cm³/mol. The fourth-order valence-electron chi connectivity index (χ4n) is 3.20. The maximum Gasteiger partial charge on any atom is 0.446 e. The normalized spacial score (nSPS) is 11.2. The summed E-state index contributed by atoms with van der Waals surface area (Å²) >= 11 is -0.230. The second kappa shape index (κ2) is 12.2. The molecule has 0 amide bonds. The van der Waals surface area contributed by atoms with E-state index in [2.05, 4.69) is 15.3 Å². The van der Waals surface area contributed by atoms with Gasteiger partial charge in [0.1, 0.15) is 12.1 Å². The molecule has 10 nitrogen and oxygen atoms in total. The Morgan fingerprint density at radius 2 is 2.00 bits per heavy atom. The molecule has 0 fully saturated rings. The Balaban J connectivity index is 1.82. The Morgan fingerprint density at radius 1 is 1.25 bits per heavy atom. The van der Waals surface area contributed by atoms with Gasteiger partial charge in [-0.2, -0.15) is 13.2 Å². The molecule has 0 unspecified atom stereocenters. The van der Waals surface area contributed by atoms with Gasteiger partial charge in [-0.3, -0.25) is 14.9 Å². The minimum absolute atomic E-state index is 0.0247. The summed E-state index contributed by atoms with van der Waals surface area (Å²) in [7, 11) is 0. The molecule has 0 bridgehead atoms. The van der Waals surface area contributed by atoms with Gasteiger partial charge in [0, 0.05) is 18.0 Å². The maximum atomic E-state index is 12.5. The van der Waals surface area contributed by atoms with Crippen LogP contribution in [0.3, 0.4) is 0 Å². The molecule has 14 heteroatoms. The molecule has 0 aliphatic heterocycles. The zero-order chi connectivity index (χ0) is 26.1. The van der Waals surface area contributed by atoms with E-state index in [9.17, 15) is 28.1 Å². The van der Waals surface area contributed by atoms with Crippen molar-refractivity contribution >= 4 is 35.1 Å². The summed E-state index contributed by atoms with van der Waals surface area (Å²) in [6, 6.07) is 8.95. The number of nitro groups is 1. The number of nitrogens with zero attached hydrogens (tertiary/aromatic N) is 4. The summed E-state index contributed by atoms with van der Waals surface area (Å²) < 4.78 is 47.9. The first-order valence-electron chi connectivity index (χ1n) is 10.7. The zero-order valence-corrected chi connectivity index (χ0v) is 19.8. The minimum Gasteiger partial charge on any atom is -0.467 e. The number of furan rings is 1. The van der Waals surface area contributed by atoms with E-state index in [1.807, 2.05) is 0 Å². The third-order valence-corrected chi connectivity index (χ3v) is 5.46. The van der Waals surface area contributed by atoms with Crippen molar-refractivity contribution in [1.29, 1.82) is 0 Å². The van der Waals surface area contributed by atoms with Gasteiger partial charge >= 0.3 is 17.2 Å². The van der Waals surface area contributed by atoms with Crippen molar-refractivity contribution in [1.82, 2.24) is 9.97 Å². The van der Waals surface area contributed by atoms with Crippen LogP contribution < -0.4 is 10.2 Å². The number of aromatic nitrogens is 2. The minimum atomic E-state index is -4.40. The first-order chi connectivity index (χ1) is 17.2. The first-order valence-corrected chi connectivity index (χ1v) is 11.5. The third kappa shape index (κ3) is 7.86. The molecule has 1 aromatic carbocycles. The van der Waals surface area contributed by atoms with Crippen LogP contribution in [0.2, 0.25) is 0 Å². The van der Waals surface area contributed by atoms with Gasteiger partial charge in [0.15, 0.2) is 0 Å². The SMILES string of the molecule is CCOC(=O)CCN(Cc1ccco1)c1ncnc(NCc2ccc(SC(F)(F)F)cc2)c1[N+](=O)[O-]. The smallest absolute Gasteiger partial charge is 0.446 e. The van der Waals surface area contributed by atoms with E-state index in [1.165, 1.54) is 35.4 Å². The highest BCUT2D eigenvalue weighted by molar-refractivity contribution is 8.00. The highest BCUT2D eigenvalue weighted by Crippen LogP contribution is 2.37. The van der Waals surface area contributed by atoms with Crippen LogP contribution in [0, 0.1) is 10.1 Å². The molecule has 1 N–H and O–H groups in total. The predicted octanol–water partition coefficient (Wildman–Crippen LogP) is 5.16. The topological polar surface area (TPSA) is 124 Å². The highest BCUT2D eigenvalue weighted by atomic mass is 32.2. The number of carbonyl (C=O) groups excluding carboxylic acids is 1. The van der Waals surface area contributed by atoms with E-state index in [0.717, 1.165) is 6.33 Å². The van der Waals surface area contributed by atoms with Crippen LogP contribution in [0.15, 0.2) is 58.3 Å². The fourth-order valence-corrected chi connectivity index (χ4v) is 3.74. The molecule has 0 spiro atoms. The molecule has 0 aliphatic rings. The third-order valence-electron chi connectivity index (χ3n) is 4.72. The summed E-state index contributed by atoms with van der Waals surface area (Å²) in [5, 5.41) is 14.9. The van der Waals surface area contributed by atoms with Crippen LogP contribution in [0.1, 0.15) is 24.7 Å². The van der Waals surface area contributed by atoms with Gasteiger partial charge in [-0.15, -0.1) is 0 Å². The van der Waals surface area contributed by atoms with Gasteiger partial charge in [-0.25, -0.2) is 9.97 Å². The number of hydrogen-bond donors (Lipinski definition) is 1. The monoisotopic (exact) mass is 525 g/mol. The molecule has 192 valence electrons. The van der Waals surface area contributed by atoms with E-state index in [4.69, 9.17) is 9.15 Å². The molecule has 0 aliphatic carbocycles. The van der Waals surface area contributed by atoms with Crippen LogP contribution >= 0.6 is 11.8 Å². The number of nitrogens with one attached hydrogen (secondary N) is 1. The summed E-state index contributed by atoms with van der Waals surface area (Å²) in [6.45, 7) is 2.11. The molecule has 3 aromatic rings. The molecule has 0 atom stereocenters. The highest BCUT2D eigenvalue weighted by Gasteiger charge is 2.30. The number of alkyl halides is 3. The van der Waals surface area contributed by atoms with Crippen LogP contribution in [-0.4, -0.2) is 39.5 Å². The van der Waals surface area contributed by atoms with E-state index in [1.54, 1.807) is 19.1 Å². The van der Waals surface area contributed by atoms with Crippen molar-refractivity contribution in [2.24, 2.45) is 0 Å². The number of ether oxygens (including phenoxy) is 1. The molecule has 0 saturated carbocycles. The molecule has 0 saturated heterocycles. The van der Waals surface area contributed by atoms with Crippen molar-refractivity contribution in [3.8, 4) is 0 Å². The number of thioether (sulfide) groups is 1. The second-order valence-corrected chi connectivity index (χ2v) is 8.39. The number of rotatable bonds is 12. The number of hydrogen-bond acceptors (Lipinski definition) is 10. The lowest BCUT2D eigenvalue weighted by molar-refractivity contribution is -0.383. The van der Waals surface area contributed by atoms with Gasteiger partial charge in [0.05, 0.1) is 30.8 Å². The first kappa shape index (κ1) is 26.8. The van der Waals surface area contributed by atoms with Crippen molar-refractivity contribution in [3.63, 3.8) is 0 Å². The van der Waals surface area contributed by atoms with Crippen LogP contribution in [-0.2, 0) is 22.6 Å². The number of carbonyl (C=O) groups is 1. The van der Waals surface area contributed by atoms with E-state index in [0.29, 0.717) is 11.3 Å². The van der Waals surface area contributed by atoms with Gasteiger partial charge in [-0.1, -0.05) is 12.1 Å². The molecule has 3 rings (SSSR count). The lowest BCUT2D eigenvalue weighted by Crippen LogP contribution is -2.28. The number of anilines is 2. The average Bonchev–Trinajstić information content (AvgIpc) is 3.33. The Morgan fingerprint density at radius 3 is 2.61 bits per heavy atom. The van der Waals surface area contributed by atoms with Crippen molar-refractivity contribution in [2.45, 2.75) is 36.8 Å². The van der Waals surface area contributed by atoms with Crippen LogP contribution in [0.4, 0.5) is 30.5 Å². The quantitative estimate of drug-likeness (QED) is 0.147. The van der Waals surface area contributed by atoms with Gasteiger partial charge in [0.25, 0.3) is 0 Å². The van der Waals surface area contributed by atoms with Crippen LogP contribution in [0.25, 0.3) is 0 Å². The summed E-state index contributed by atoms with van der Waals surface area (Å²) in [5.74, 6) is -0.0864. The molecule has 2 heterocycles. The second-order valence-electron chi connectivity index (χ2n) is 7.25. The van der Waals surface area contributed by atoms with Crippen molar-refractivity contribution in [2.75, 3.05) is 23.4 Å².